The van der Waals surface area contributed by atoms with Crippen LogP contribution in [0.2, 0.25) is 12.1 Å². The Balaban J connectivity index is 0.000000169. The maximum absolute atomic E-state index is 5.80. The Hall–Kier alpha value is -0.426. The summed E-state index contributed by atoms with van der Waals surface area (Å²) in [6, 6.07) is 13.5. The molecule has 2 saturated heterocycles. The first-order chi connectivity index (χ1) is 8.97. The zero-order valence-corrected chi connectivity index (χ0v) is 13.7. The van der Waals surface area contributed by atoms with Gasteiger partial charge in [-0.15, -0.1) is 0 Å². The van der Waals surface area contributed by atoms with Gasteiger partial charge in [-0.2, -0.15) is 0 Å². The molecule has 2 heterocycles. The minimum Gasteiger partial charge on any atom is -0.424 e. The molecule has 0 saturated carbocycles. The smallest absolute Gasteiger partial charge is 0.208 e. The third kappa shape index (κ3) is 5.06. The molecule has 2 fully saturated rings. The first kappa shape index (κ1) is 14.0. The van der Waals surface area contributed by atoms with E-state index in [9.17, 15) is 0 Å². The van der Waals surface area contributed by atoms with Gasteiger partial charge in [0, 0.05) is 13.2 Å². The Labute approximate surface area is 114 Å². The minimum absolute atomic E-state index is 0.00849. The first-order valence-corrected chi connectivity index (χ1v) is 10.7. The molecule has 0 bridgehead atoms. The van der Waals surface area contributed by atoms with E-state index in [2.05, 4.69) is 30.3 Å². The highest BCUT2D eigenvalue weighted by molar-refractivity contribution is 6.67. The Kier molecular flexibility index (Phi) is 6.71. The highest BCUT2D eigenvalue weighted by Crippen LogP contribution is 2.10. The largest absolute Gasteiger partial charge is 0.424 e. The lowest BCUT2D eigenvalue weighted by Crippen LogP contribution is -2.36. The molecule has 1 unspecified atom stereocenters. The van der Waals surface area contributed by atoms with E-state index >= 15 is 0 Å². The van der Waals surface area contributed by atoms with Crippen LogP contribution in [-0.2, 0) is 8.85 Å². The molecule has 2 nitrogen and oxygen atoms in total. The SMILES string of the molecule is C1CC[SiH2]OC1.c1ccc([SiH]2CCCCO2)cc1. The van der Waals surface area contributed by atoms with Gasteiger partial charge in [0.25, 0.3) is 0 Å². The molecule has 0 amide bonds. The summed E-state index contributed by atoms with van der Waals surface area (Å²) in [5, 5.41) is 1.47. The highest BCUT2D eigenvalue weighted by atomic mass is 28.3. The van der Waals surface area contributed by atoms with Gasteiger partial charge in [-0.1, -0.05) is 43.2 Å². The zero-order valence-electron chi connectivity index (χ0n) is 11.1. The predicted molar refractivity (Wildman–Crippen MR) is 81.8 cm³/mol. The van der Waals surface area contributed by atoms with E-state index < -0.39 is 9.04 Å². The lowest BCUT2D eigenvalue weighted by Gasteiger charge is -2.21. The predicted octanol–water partition coefficient (Wildman–Crippen LogP) is 1.73. The summed E-state index contributed by atoms with van der Waals surface area (Å²) in [7, 11) is -0.976. The van der Waals surface area contributed by atoms with Gasteiger partial charge in [0.15, 0.2) is 9.76 Å². The van der Waals surface area contributed by atoms with Crippen LogP contribution in [0.25, 0.3) is 0 Å². The molecule has 2 aliphatic heterocycles. The molecule has 0 radical (unpaired) electrons. The quantitative estimate of drug-likeness (QED) is 0.730. The second-order valence-corrected chi connectivity index (χ2v) is 9.02. The molecular weight excluding hydrogens is 256 g/mol. The summed E-state index contributed by atoms with van der Waals surface area (Å²) in [6.45, 7) is 2.05. The van der Waals surface area contributed by atoms with E-state index in [1.165, 1.54) is 43.0 Å². The maximum atomic E-state index is 5.80. The van der Waals surface area contributed by atoms with Crippen molar-refractivity contribution in [1.82, 2.24) is 0 Å². The Morgan fingerprint density at radius 1 is 0.944 bits per heavy atom. The van der Waals surface area contributed by atoms with E-state index in [1.54, 1.807) is 0 Å². The normalized spacial score (nSPS) is 25.2. The van der Waals surface area contributed by atoms with Crippen LogP contribution >= 0.6 is 0 Å². The van der Waals surface area contributed by atoms with Gasteiger partial charge in [0.1, 0.15) is 0 Å². The average Bonchev–Trinajstić information content (AvgIpc) is 2.51. The van der Waals surface area contributed by atoms with Crippen LogP contribution < -0.4 is 5.19 Å². The topological polar surface area (TPSA) is 18.5 Å². The van der Waals surface area contributed by atoms with Gasteiger partial charge >= 0.3 is 0 Å². The van der Waals surface area contributed by atoms with Crippen molar-refractivity contribution >= 4 is 24.0 Å². The summed E-state index contributed by atoms with van der Waals surface area (Å²) < 4.78 is 11.0. The molecule has 0 N–H and O–H groups in total. The van der Waals surface area contributed by atoms with Crippen LogP contribution in [0.4, 0.5) is 0 Å². The maximum Gasteiger partial charge on any atom is 0.208 e. The number of hydrogen-bond donors (Lipinski definition) is 0. The van der Waals surface area contributed by atoms with Crippen molar-refractivity contribution in [3.8, 4) is 0 Å². The summed E-state index contributed by atoms with van der Waals surface area (Å²) in [6.07, 6.45) is 5.38. The van der Waals surface area contributed by atoms with Gasteiger partial charge in [-0.3, -0.25) is 0 Å². The fourth-order valence-electron chi connectivity index (χ4n) is 2.36. The minimum atomic E-state index is -0.984. The molecule has 0 aromatic heterocycles. The van der Waals surface area contributed by atoms with E-state index in [4.69, 9.17) is 8.85 Å². The van der Waals surface area contributed by atoms with Crippen LogP contribution in [0.1, 0.15) is 25.7 Å². The molecule has 2 aliphatic rings. The van der Waals surface area contributed by atoms with Crippen molar-refractivity contribution in [2.45, 2.75) is 37.8 Å². The van der Waals surface area contributed by atoms with Crippen LogP contribution in [0.5, 0.6) is 0 Å². The van der Waals surface area contributed by atoms with E-state index in [-0.39, 0.29) is 9.76 Å². The third-order valence-electron chi connectivity index (χ3n) is 3.43. The van der Waals surface area contributed by atoms with Crippen molar-refractivity contribution in [2.24, 2.45) is 0 Å². The number of benzene rings is 1. The fourth-order valence-corrected chi connectivity index (χ4v) is 5.98. The molecule has 100 valence electrons. The molecular formula is C14H24O2Si2. The van der Waals surface area contributed by atoms with E-state index in [0.29, 0.717) is 0 Å². The zero-order chi connectivity index (χ0) is 12.5. The summed E-state index contributed by atoms with van der Waals surface area (Å²) in [5.41, 5.74) is 0. The summed E-state index contributed by atoms with van der Waals surface area (Å²) >= 11 is 0. The second-order valence-electron chi connectivity index (χ2n) is 4.94. The molecule has 1 aromatic carbocycles. The monoisotopic (exact) mass is 280 g/mol. The van der Waals surface area contributed by atoms with Crippen molar-refractivity contribution in [3.63, 3.8) is 0 Å². The van der Waals surface area contributed by atoms with Crippen molar-refractivity contribution < 1.29 is 8.85 Å². The van der Waals surface area contributed by atoms with E-state index in [1.807, 2.05) is 0 Å². The first-order valence-electron chi connectivity index (χ1n) is 7.21. The fraction of sp³-hybridized carbons (Fsp3) is 0.571. The lowest BCUT2D eigenvalue weighted by atomic mass is 10.3. The standard InChI is InChI=1S/C10H14OSi.C4H10OSi/c1-2-6-10(7-3-1)12-9-5-4-8-11-12;1-2-4-6-5-3-1/h1-3,6-7,12H,4-5,8-9H2;1-4,6H2. The molecule has 1 atom stereocenters. The third-order valence-corrected chi connectivity index (χ3v) is 7.49. The number of hydrogen-bond acceptors (Lipinski definition) is 2. The average molecular weight is 281 g/mol. The van der Waals surface area contributed by atoms with Crippen LogP contribution in [0, 0.1) is 0 Å². The Morgan fingerprint density at radius 3 is 2.28 bits per heavy atom. The Morgan fingerprint density at radius 2 is 1.78 bits per heavy atom. The van der Waals surface area contributed by atoms with E-state index in [0.717, 1.165) is 13.2 Å². The molecule has 1 aromatic rings. The molecule has 0 spiro atoms. The number of rotatable bonds is 1. The van der Waals surface area contributed by atoms with Crippen molar-refractivity contribution in [1.29, 1.82) is 0 Å². The van der Waals surface area contributed by atoms with Gasteiger partial charge < -0.3 is 8.85 Å². The van der Waals surface area contributed by atoms with Crippen molar-refractivity contribution in [2.75, 3.05) is 13.2 Å². The van der Waals surface area contributed by atoms with Gasteiger partial charge in [-0.05, 0) is 30.1 Å². The molecule has 4 heteroatoms. The van der Waals surface area contributed by atoms with Gasteiger partial charge in [-0.25, -0.2) is 0 Å². The molecule has 0 aliphatic carbocycles. The summed E-state index contributed by atoms with van der Waals surface area (Å²) in [4.78, 5) is 0. The lowest BCUT2D eigenvalue weighted by molar-refractivity contribution is 0.294. The van der Waals surface area contributed by atoms with Crippen LogP contribution in [0.3, 0.4) is 0 Å². The summed E-state index contributed by atoms with van der Waals surface area (Å²) in [5.74, 6) is 0. The van der Waals surface area contributed by atoms with Gasteiger partial charge in [0.2, 0.25) is 9.04 Å². The highest BCUT2D eigenvalue weighted by Gasteiger charge is 2.17. The Bertz CT molecular complexity index is 297. The second kappa shape index (κ2) is 8.64. The molecule has 3 rings (SSSR count). The van der Waals surface area contributed by atoms with Gasteiger partial charge in [0.05, 0.1) is 0 Å². The molecule has 18 heavy (non-hydrogen) atoms. The van der Waals surface area contributed by atoms with Crippen molar-refractivity contribution in [3.05, 3.63) is 30.3 Å². The van der Waals surface area contributed by atoms with Crippen LogP contribution in [-0.4, -0.2) is 32.0 Å². The van der Waals surface area contributed by atoms with Crippen LogP contribution in [0.15, 0.2) is 30.3 Å².